The first-order chi connectivity index (χ1) is 9.24. The third-order valence-corrected chi connectivity index (χ3v) is 4.81. The van der Waals surface area contributed by atoms with Crippen molar-refractivity contribution in [3.05, 3.63) is 34.3 Å². The molecule has 0 saturated heterocycles. The maximum atomic E-state index is 4.22. The molecule has 19 heavy (non-hydrogen) atoms. The summed E-state index contributed by atoms with van der Waals surface area (Å²) in [5.41, 5.74) is 3.88. The van der Waals surface area contributed by atoms with Gasteiger partial charge in [0.05, 0.1) is 6.54 Å². The van der Waals surface area contributed by atoms with Gasteiger partial charge in [0.25, 0.3) is 0 Å². The topological polar surface area (TPSA) is 37.8 Å². The third kappa shape index (κ3) is 3.70. The first-order valence-corrected chi connectivity index (χ1v) is 8.32. The molecule has 1 aromatic carbocycles. The van der Waals surface area contributed by atoms with Crippen LogP contribution >= 0.6 is 23.1 Å². The molecule has 102 valence electrons. The van der Waals surface area contributed by atoms with Crippen LogP contribution in [-0.4, -0.2) is 16.0 Å². The minimum absolute atomic E-state index is 0.750. The number of rotatable bonds is 6. The lowest BCUT2D eigenvalue weighted by molar-refractivity contribution is 0.945. The Labute approximate surface area is 122 Å². The van der Waals surface area contributed by atoms with Gasteiger partial charge in [-0.1, -0.05) is 55.1 Å². The molecule has 3 nitrogen and oxygen atoms in total. The molecular formula is C14H19N3S2. The lowest BCUT2D eigenvalue weighted by Gasteiger charge is -2.12. The van der Waals surface area contributed by atoms with Gasteiger partial charge in [-0.25, -0.2) is 0 Å². The van der Waals surface area contributed by atoms with Gasteiger partial charge in [-0.2, -0.15) is 0 Å². The minimum Gasteiger partial charge on any atom is -0.378 e. The van der Waals surface area contributed by atoms with Gasteiger partial charge in [0.1, 0.15) is 5.01 Å². The number of nitrogens with zero attached hydrogens (tertiary/aromatic N) is 2. The number of benzene rings is 1. The number of thioether (sulfide) groups is 1. The Bertz CT molecular complexity index is 537. The third-order valence-electron chi connectivity index (χ3n) is 2.87. The number of anilines is 1. The molecule has 2 aromatic rings. The van der Waals surface area contributed by atoms with E-state index in [1.165, 1.54) is 16.8 Å². The summed E-state index contributed by atoms with van der Waals surface area (Å²) in [7, 11) is 0. The van der Waals surface area contributed by atoms with Gasteiger partial charge in [-0.05, 0) is 30.2 Å². The average molecular weight is 293 g/mol. The van der Waals surface area contributed by atoms with Crippen LogP contribution in [0.3, 0.4) is 0 Å². The lowest BCUT2D eigenvalue weighted by atomic mass is 10.1. The molecule has 0 bridgehead atoms. The summed E-state index contributed by atoms with van der Waals surface area (Å²) in [6.45, 7) is 7.20. The number of para-hydroxylation sites is 1. The molecule has 0 saturated carbocycles. The Balaban J connectivity index is 2.05. The highest BCUT2D eigenvalue weighted by molar-refractivity contribution is 8.00. The van der Waals surface area contributed by atoms with E-state index < -0.39 is 0 Å². The Kier molecular flexibility index (Phi) is 5.22. The summed E-state index contributed by atoms with van der Waals surface area (Å²) in [6, 6.07) is 6.42. The van der Waals surface area contributed by atoms with Crippen molar-refractivity contribution in [3.63, 3.8) is 0 Å². The number of nitrogens with one attached hydrogen (secondary N) is 1. The predicted octanol–water partition coefficient (Wildman–Crippen LogP) is 4.13. The Morgan fingerprint density at radius 3 is 2.84 bits per heavy atom. The van der Waals surface area contributed by atoms with E-state index in [9.17, 15) is 0 Å². The van der Waals surface area contributed by atoms with Gasteiger partial charge < -0.3 is 5.32 Å². The highest BCUT2D eigenvalue weighted by Crippen LogP contribution is 2.25. The number of aryl methyl sites for hydroxylation is 2. The second-order valence-electron chi connectivity index (χ2n) is 4.21. The highest BCUT2D eigenvalue weighted by Gasteiger charge is 2.07. The quantitative estimate of drug-likeness (QED) is 0.813. The molecule has 1 N–H and O–H groups in total. The summed E-state index contributed by atoms with van der Waals surface area (Å²) in [6.07, 6.45) is 1.04. The van der Waals surface area contributed by atoms with Crippen molar-refractivity contribution in [1.82, 2.24) is 10.2 Å². The number of hydrogen-bond acceptors (Lipinski definition) is 5. The molecule has 0 aliphatic heterocycles. The summed E-state index contributed by atoms with van der Waals surface area (Å²) in [4.78, 5) is 0. The van der Waals surface area contributed by atoms with Crippen molar-refractivity contribution in [2.75, 3.05) is 11.1 Å². The summed E-state index contributed by atoms with van der Waals surface area (Å²) in [5.74, 6) is 1.04. The summed E-state index contributed by atoms with van der Waals surface area (Å²) < 4.78 is 1.06. The van der Waals surface area contributed by atoms with Crippen molar-refractivity contribution in [1.29, 1.82) is 0 Å². The van der Waals surface area contributed by atoms with Crippen LogP contribution in [0.1, 0.15) is 30.0 Å². The highest BCUT2D eigenvalue weighted by atomic mass is 32.2. The maximum absolute atomic E-state index is 4.22. The molecule has 5 heteroatoms. The van der Waals surface area contributed by atoms with Crippen LogP contribution in [0.4, 0.5) is 5.69 Å². The Hall–Kier alpha value is -1.07. The van der Waals surface area contributed by atoms with E-state index in [0.717, 1.165) is 28.1 Å². The fraction of sp³-hybridized carbons (Fsp3) is 0.429. The summed E-state index contributed by atoms with van der Waals surface area (Å²) >= 11 is 3.42. The van der Waals surface area contributed by atoms with Gasteiger partial charge in [-0.3, -0.25) is 0 Å². The van der Waals surface area contributed by atoms with E-state index in [1.807, 2.05) is 0 Å². The van der Waals surface area contributed by atoms with Gasteiger partial charge in [-0.15, -0.1) is 10.2 Å². The average Bonchev–Trinajstić information content (AvgIpc) is 2.85. The molecule has 0 unspecified atom stereocenters. The molecule has 0 spiro atoms. The molecule has 0 aliphatic carbocycles. The largest absolute Gasteiger partial charge is 0.378 e. The molecule has 1 heterocycles. The van der Waals surface area contributed by atoms with E-state index in [0.29, 0.717) is 0 Å². The molecule has 0 radical (unpaired) electrons. The van der Waals surface area contributed by atoms with Gasteiger partial charge in [0, 0.05) is 5.69 Å². The van der Waals surface area contributed by atoms with Crippen LogP contribution in [0.2, 0.25) is 0 Å². The van der Waals surface area contributed by atoms with E-state index in [-0.39, 0.29) is 0 Å². The van der Waals surface area contributed by atoms with Gasteiger partial charge in [0.15, 0.2) is 4.34 Å². The normalized spacial score (nSPS) is 10.7. The van der Waals surface area contributed by atoms with E-state index in [1.54, 1.807) is 23.1 Å². The van der Waals surface area contributed by atoms with E-state index in [2.05, 4.69) is 54.5 Å². The van der Waals surface area contributed by atoms with Crippen LogP contribution < -0.4 is 5.32 Å². The van der Waals surface area contributed by atoms with E-state index >= 15 is 0 Å². The van der Waals surface area contributed by atoms with Crippen LogP contribution in [0, 0.1) is 6.92 Å². The zero-order chi connectivity index (χ0) is 13.7. The van der Waals surface area contributed by atoms with Crippen LogP contribution in [0.5, 0.6) is 0 Å². The van der Waals surface area contributed by atoms with Crippen molar-refractivity contribution in [2.45, 2.75) is 38.1 Å². The second-order valence-corrected chi connectivity index (χ2v) is 6.78. The van der Waals surface area contributed by atoms with Gasteiger partial charge in [0.2, 0.25) is 0 Å². The predicted molar refractivity (Wildman–Crippen MR) is 84.2 cm³/mol. The molecule has 0 atom stereocenters. The van der Waals surface area contributed by atoms with Crippen molar-refractivity contribution in [2.24, 2.45) is 0 Å². The Morgan fingerprint density at radius 1 is 1.26 bits per heavy atom. The number of aromatic nitrogens is 2. The smallest absolute Gasteiger partial charge is 0.174 e. The molecule has 1 aromatic heterocycles. The zero-order valence-corrected chi connectivity index (χ0v) is 13.2. The molecule has 0 fully saturated rings. The standard InChI is InChI=1S/C14H19N3S2/c1-4-11-8-6-7-10(3)13(11)15-9-12-16-17-14(19-12)18-5-2/h6-8,15H,4-5,9H2,1-3H3. The molecule has 0 aliphatic rings. The fourth-order valence-electron chi connectivity index (χ4n) is 1.93. The molecular weight excluding hydrogens is 274 g/mol. The van der Waals surface area contributed by atoms with Crippen molar-refractivity contribution in [3.8, 4) is 0 Å². The van der Waals surface area contributed by atoms with Crippen LogP contribution in [0.25, 0.3) is 0 Å². The molecule has 2 rings (SSSR count). The van der Waals surface area contributed by atoms with Crippen LogP contribution in [0.15, 0.2) is 22.5 Å². The minimum atomic E-state index is 0.750. The van der Waals surface area contributed by atoms with Crippen molar-refractivity contribution < 1.29 is 0 Å². The monoisotopic (exact) mass is 293 g/mol. The maximum Gasteiger partial charge on any atom is 0.174 e. The first kappa shape index (κ1) is 14.3. The van der Waals surface area contributed by atoms with Crippen LogP contribution in [-0.2, 0) is 13.0 Å². The number of hydrogen-bond donors (Lipinski definition) is 1. The zero-order valence-electron chi connectivity index (χ0n) is 11.6. The SMILES string of the molecule is CCSc1nnc(CNc2c(C)cccc2CC)s1. The van der Waals surface area contributed by atoms with Gasteiger partial charge >= 0.3 is 0 Å². The lowest BCUT2D eigenvalue weighted by Crippen LogP contribution is -2.03. The van der Waals surface area contributed by atoms with E-state index in [4.69, 9.17) is 0 Å². The second kappa shape index (κ2) is 6.91. The summed E-state index contributed by atoms with van der Waals surface area (Å²) in [5, 5.41) is 12.9. The Morgan fingerprint density at radius 2 is 2.11 bits per heavy atom. The first-order valence-electron chi connectivity index (χ1n) is 6.52. The molecule has 0 amide bonds. The fourth-order valence-corrected chi connectivity index (χ4v) is 3.66. The van der Waals surface area contributed by atoms with Crippen molar-refractivity contribution >= 4 is 28.8 Å².